The lowest BCUT2D eigenvalue weighted by Crippen LogP contribution is -2.38. The van der Waals surface area contributed by atoms with Gasteiger partial charge in [-0.3, -0.25) is 9.59 Å². The minimum Gasteiger partial charge on any atom is -0.345 e. The number of fused-ring (bicyclic) bond motifs is 2. The van der Waals surface area contributed by atoms with Crippen LogP contribution in [0.1, 0.15) is 68.0 Å². The molecule has 184 valence electrons. The van der Waals surface area contributed by atoms with Gasteiger partial charge in [0.15, 0.2) is 5.82 Å². The maximum atomic E-state index is 12.8. The van der Waals surface area contributed by atoms with Crippen LogP contribution in [-0.2, 0) is 18.3 Å². The number of nitrogens with two attached hydrogens (primary N) is 1. The number of hydrogen-bond donors (Lipinski definition) is 1. The second kappa shape index (κ2) is 9.26. The first-order valence-electron chi connectivity index (χ1n) is 11.8. The Bertz CT molecular complexity index is 1200. The molecule has 8 nitrogen and oxygen atoms in total. The highest BCUT2D eigenvalue weighted by Crippen LogP contribution is 2.47. The molecule has 0 saturated heterocycles. The Hall–Kier alpha value is -3.52. The summed E-state index contributed by atoms with van der Waals surface area (Å²) < 4.78 is 5.46. The normalized spacial score (nSPS) is 14.9. The molecule has 0 bridgehead atoms. The molecular weight excluding hydrogens is 442 g/mol. The van der Waals surface area contributed by atoms with E-state index in [4.69, 9.17) is 10.3 Å². The summed E-state index contributed by atoms with van der Waals surface area (Å²) in [5.74, 6) is 0.897. The van der Waals surface area contributed by atoms with Crippen molar-refractivity contribution in [2.75, 3.05) is 28.2 Å². The third kappa shape index (κ3) is 4.34. The van der Waals surface area contributed by atoms with Crippen molar-refractivity contribution in [1.82, 2.24) is 19.9 Å². The van der Waals surface area contributed by atoms with Crippen LogP contribution >= 0.6 is 0 Å². The van der Waals surface area contributed by atoms with Crippen molar-refractivity contribution in [2.45, 2.75) is 44.6 Å². The molecule has 0 unspecified atom stereocenters. The quantitative estimate of drug-likeness (QED) is 0.608. The van der Waals surface area contributed by atoms with E-state index in [9.17, 15) is 9.59 Å². The second-order valence-electron chi connectivity index (χ2n) is 9.87. The molecule has 4 rings (SSSR count). The fourth-order valence-corrected chi connectivity index (χ4v) is 5.14. The number of aryl methyl sites for hydroxylation is 3. The lowest BCUT2D eigenvalue weighted by atomic mass is 9.68. The van der Waals surface area contributed by atoms with Crippen molar-refractivity contribution in [1.29, 1.82) is 0 Å². The molecule has 0 radical (unpaired) electrons. The Balaban J connectivity index is 2.02. The van der Waals surface area contributed by atoms with Gasteiger partial charge in [-0.15, -0.1) is 0 Å². The SMILES string of the molecule is Cc1nc(C2(C[C@H](C)N)c3ccc(C(=O)N(C)C)cc3CCc3cc(C(=O)N(C)C)ccc32)no1. The molecule has 1 atom stereocenters. The molecule has 1 heterocycles. The van der Waals surface area contributed by atoms with Crippen LogP contribution in [0.2, 0.25) is 0 Å². The van der Waals surface area contributed by atoms with Gasteiger partial charge in [0.1, 0.15) is 0 Å². The Labute approximate surface area is 206 Å². The van der Waals surface area contributed by atoms with Crippen LogP contribution in [0.5, 0.6) is 0 Å². The summed E-state index contributed by atoms with van der Waals surface area (Å²) in [5.41, 5.74) is 11.0. The number of nitrogens with zero attached hydrogens (tertiary/aromatic N) is 4. The van der Waals surface area contributed by atoms with Gasteiger partial charge in [-0.2, -0.15) is 4.98 Å². The predicted octanol–water partition coefficient (Wildman–Crippen LogP) is 2.95. The van der Waals surface area contributed by atoms with Crippen molar-refractivity contribution in [2.24, 2.45) is 5.73 Å². The largest absolute Gasteiger partial charge is 0.345 e. The fourth-order valence-electron chi connectivity index (χ4n) is 5.14. The maximum absolute atomic E-state index is 12.8. The topological polar surface area (TPSA) is 106 Å². The number of aromatic nitrogens is 2. The van der Waals surface area contributed by atoms with Crippen LogP contribution in [0, 0.1) is 6.92 Å². The van der Waals surface area contributed by atoms with Crippen LogP contribution < -0.4 is 5.73 Å². The molecular formula is C27H33N5O3. The van der Waals surface area contributed by atoms with Crippen LogP contribution in [0.4, 0.5) is 0 Å². The molecule has 1 aliphatic carbocycles. The number of amides is 2. The molecule has 1 aliphatic rings. The van der Waals surface area contributed by atoms with E-state index < -0.39 is 5.41 Å². The van der Waals surface area contributed by atoms with Gasteiger partial charge in [0.2, 0.25) is 5.89 Å². The molecule has 3 aromatic rings. The number of hydrogen-bond acceptors (Lipinski definition) is 6. The minimum atomic E-state index is -0.785. The third-order valence-electron chi connectivity index (χ3n) is 6.64. The van der Waals surface area contributed by atoms with Crippen molar-refractivity contribution in [3.63, 3.8) is 0 Å². The molecule has 0 spiro atoms. The van der Waals surface area contributed by atoms with E-state index in [1.165, 1.54) is 0 Å². The van der Waals surface area contributed by atoms with E-state index in [-0.39, 0.29) is 17.9 Å². The second-order valence-corrected chi connectivity index (χ2v) is 9.87. The fraction of sp³-hybridized carbons (Fsp3) is 0.407. The average Bonchev–Trinajstić information content (AvgIpc) is 3.21. The summed E-state index contributed by atoms with van der Waals surface area (Å²) in [6.07, 6.45) is 1.94. The number of carbonyl (C=O) groups is 2. The summed E-state index contributed by atoms with van der Waals surface area (Å²) in [5, 5.41) is 4.38. The summed E-state index contributed by atoms with van der Waals surface area (Å²) in [7, 11) is 6.98. The maximum Gasteiger partial charge on any atom is 0.253 e. The Morgan fingerprint density at radius 3 is 1.83 bits per heavy atom. The monoisotopic (exact) mass is 475 g/mol. The Morgan fingerprint density at radius 2 is 1.46 bits per heavy atom. The van der Waals surface area contributed by atoms with E-state index >= 15 is 0 Å². The minimum absolute atomic E-state index is 0.0541. The highest BCUT2D eigenvalue weighted by Gasteiger charge is 2.45. The standard InChI is InChI=1S/C27H33N5O3/c1-16(28)15-27(26-29-17(2)35-30-26)22-11-9-20(24(33)31(3)4)13-18(22)7-8-19-14-21(10-12-23(19)27)25(34)32(5)6/h9-14,16H,7-8,15,28H2,1-6H3/t16-/m0/s1. The van der Waals surface area contributed by atoms with E-state index in [1.807, 2.05) is 43.3 Å². The smallest absolute Gasteiger partial charge is 0.253 e. The van der Waals surface area contributed by atoms with Gasteiger partial charge in [-0.25, -0.2) is 0 Å². The zero-order valence-electron chi connectivity index (χ0n) is 21.3. The molecule has 2 amide bonds. The summed E-state index contributed by atoms with van der Waals surface area (Å²) in [4.78, 5) is 33.3. The van der Waals surface area contributed by atoms with Crippen molar-refractivity contribution >= 4 is 11.8 Å². The number of benzene rings is 2. The molecule has 35 heavy (non-hydrogen) atoms. The van der Waals surface area contributed by atoms with Gasteiger partial charge in [0.05, 0.1) is 5.41 Å². The van der Waals surface area contributed by atoms with Crippen LogP contribution in [0.25, 0.3) is 0 Å². The summed E-state index contributed by atoms with van der Waals surface area (Å²) in [6.45, 7) is 3.74. The van der Waals surface area contributed by atoms with Crippen LogP contribution in [0.15, 0.2) is 40.9 Å². The predicted molar refractivity (Wildman–Crippen MR) is 134 cm³/mol. The van der Waals surface area contributed by atoms with Gasteiger partial charge < -0.3 is 20.1 Å². The van der Waals surface area contributed by atoms with Gasteiger partial charge >= 0.3 is 0 Å². The Kier molecular flexibility index (Phi) is 6.51. The highest BCUT2D eigenvalue weighted by molar-refractivity contribution is 5.95. The van der Waals surface area contributed by atoms with E-state index in [0.717, 1.165) is 22.3 Å². The van der Waals surface area contributed by atoms with Crippen molar-refractivity contribution in [3.8, 4) is 0 Å². The molecule has 0 saturated carbocycles. The Morgan fingerprint density at radius 1 is 0.971 bits per heavy atom. The van der Waals surface area contributed by atoms with E-state index in [0.29, 0.717) is 42.1 Å². The highest BCUT2D eigenvalue weighted by atomic mass is 16.5. The molecule has 0 fully saturated rings. The molecule has 1 aromatic heterocycles. The molecule has 0 aliphatic heterocycles. The van der Waals surface area contributed by atoms with E-state index in [1.54, 1.807) is 44.9 Å². The van der Waals surface area contributed by atoms with Crippen molar-refractivity contribution in [3.05, 3.63) is 81.5 Å². The first-order chi connectivity index (χ1) is 16.5. The van der Waals surface area contributed by atoms with Gasteiger partial charge in [0, 0.05) is 52.3 Å². The average molecular weight is 476 g/mol. The summed E-state index contributed by atoms with van der Waals surface area (Å²) >= 11 is 0. The lowest BCUT2D eigenvalue weighted by molar-refractivity contribution is 0.0820. The van der Waals surface area contributed by atoms with Gasteiger partial charge in [0.25, 0.3) is 11.8 Å². The zero-order valence-corrected chi connectivity index (χ0v) is 21.3. The van der Waals surface area contributed by atoms with Gasteiger partial charge in [-0.1, -0.05) is 17.3 Å². The first-order valence-corrected chi connectivity index (χ1v) is 11.8. The zero-order chi connectivity index (χ0) is 25.5. The number of rotatable bonds is 5. The van der Waals surface area contributed by atoms with Crippen molar-refractivity contribution < 1.29 is 14.1 Å². The summed E-state index contributed by atoms with van der Waals surface area (Å²) in [6, 6.07) is 11.5. The molecule has 2 N–H and O–H groups in total. The molecule has 2 aromatic carbocycles. The molecule has 8 heteroatoms. The first kappa shape index (κ1) is 24.6. The van der Waals surface area contributed by atoms with Crippen LogP contribution in [-0.4, -0.2) is 66.0 Å². The van der Waals surface area contributed by atoms with Gasteiger partial charge in [-0.05, 0) is 72.7 Å². The lowest BCUT2D eigenvalue weighted by Gasteiger charge is -2.35. The van der Waals surface area contributed by atoms with Crippen LogP contribution in [0.3, 0.4) is 0 Å². The van der Waals surface area contributed by atoms with E-state index in [2.05, 4.69) is 10.1 Å². The third-order valence-corrected chi connectivity index (χ3v) is 6.64. The number of carbonyl (C=O) groups excluding carboxylic acids is 2.